The van der Waals surface area contributed by atoms with E-state index in [0.29, 0.717) is 51.7 Å². The summed E-state index contributed by atoms with van der Waals surface area (Å²) in [6.07, 6.45) is 2.74. The van der Waals surface area contributed by atoms with E-state index in [2.05, 4.69) is 0 Å². The molecule has 0 bridgehead atoms. The average molecular weight is 1020 g/mol. The molecule has 0 unspecified atom stereocenters. The highest BCUT2D eigenvalue weighted by molar-refractivity contribution is 6.45. The number of hydrogen-bond donors (Lipinski definition) is 1. The summed E-state index contributed by atoms with van der Waals surface area (Å²) < 4.78 is 53.2. The summed E-state index contributed by atoms with van der Waals surface area (Å²) >= 11 is 0. The highest BCUT2D eigenvalue weighted by atomic mass is 16.7. The van der Waals surface area contributed by atoms with Crippen LogP contribution in [-0.4, -0.2) is 136 Å². The van der Waals surface area contributed by atoms with Gasteiger partial charge in [0.05, 0.1) is 42.2 Å². The number of rotatable bonds is 15. The Kier molecular flexibility index (Phi) is 19.9. The van der Waals surface area contributed by atoms with Gasteiger partial charge in [-0.15, -0.1) is 0 Å². The van der Waals surface area contributed by atoms with Crippen molar-refractivity contribution in [2.24, 2.45) is 10.8 Å². The monoisotopic (exact) mass is 1020 g/mol. The molecule has 4 fully saturated rings. The lowest BCUT2D eigenvalue weighted by Gasteiger charge is -2.55. The second-order valence-corrected chi connectivity index (χ2v) is 26.1. The number of carbonyl (C=O) groups excluding carboxylic acids is 4. The van der Waals surface area contributed by atoms with Crippen molar-refractivity contribution in [2.75, 3.05) is 26.3 Å². The molecule has 5 rings (SSSR count). The van der Waals surface area contributed by atoms with E-state index in [0.717, 1.165) is 12.0 Å². The summed E-state index contributed by atoms with van der Waals surface area (Å²) in [7, 11) is -0.683. The van der Waals surface area contributed by atoms with Gasteiger partial charge in [-0.2, -0.15) is 0 Å². The van der Waals surface area contributed by atoms with Gasteiger partial charge in [-0.1, -0.05) is 50.6 Å². The molecule has 4 aliphatic heterocycles. The lowest BCUT2D eigenvalue weighted by atomic mass is 9.67. The van der Waals surface area contributed by atoms with Crippen molar-refractivity contribution in [3.63, 3.8) is 0 Å². The topological polar surface area (TPSA) is 178 Å². The number of hydrogen-bond acceptors (Lipinski definition) is 14. The van der Waals surface area contributed by atoms with Gasteiger partial charge >= 0.3 is 38.4 Å². The Hall–Kier alpha value is -3.41. The first kappa shape index (κ1) is 62.9. The van der Waals surface area contributed by atoms with Gasteiger partial charge in [0.15, 0.2) is 0 Å². The number of aliphatic hydroxyl groups is 1. The lowest BCUT2D eigenvalue weighted by molar-refractivity contribution is -0.188. The molecule has 1 aromatic rings. The van der Waals surface area contributed by atoms with Crippen LogP contribution in [0, 0.1) is 10.8 Å². The SMILES string of the molecule is C.CC(C)(C)OC(=O)[C@H]1N(C(=O)OC(C)(C)C)C[C@@]1(CO)CCCB1OC(C)(C)C(C)(C)O1.CC(C)(C)OC(=O)[C@H]1N(C(=O)OC(C)(C)C)C[C@]1(CCCB1OC(C)(C)C(C)(C)O1)COCc1ccccc1.[HH]. The molecular formula is C54H96B2N2O14. The van der Waals surface area contributed by atoms with Gasteiger partial charge in [0.25, 0.3) is 0 Å². The molecule has 4 aliphatic rings. The molecule has 16 nitrogen and oxygen atoms in total. The van der Waals surface area contributed by atoms with E-state index >= 15 is 0 Å². The Morgan fingerprint density at radius 3 is 1.26 bits per heavy atom. The van der Waals surface area contributed by atoms with Gasteiger partial charge in [0, 0.05) is 25.3 Å². The molecule has 0 saturated carbocycles. The number of aliphatic hydroxyl groups excluding tert-OH is 1. The Morgan fingerprint density at radius 2 is 0.917 bits per heavy atom. The summed E-state index contributed by atoms with van der Waals surface area (Å²) in [6.45, 7) is 38.8. The highest BCUT2D eigenvalue weighted by Gasteiger charge is 2.62. The predicted octanol–water partition coefficient (Wildman–Crippen LogP) is 10.7. The maximum Gasteiger partial charge on any atom is 0.457 e. The summed E-state index contributed by atoms with van der Waals surface area (Å²) in [5.41, 5.74) is -4.79. The third kappa shape index (κ3) is 16.3. The van der Waals surface area contributed by atoms with E-state index in [4.69, 9.17) is 42.3 Å². The van der Waals surface area contributed by atoms with E-state index in [-0.39, 0.29) is 36.2 Å². The van der Waals surface area contributed by atoms with E-state index in [1.807, 2.05) is 127 Å². The van der Waals surface area contributed by atoms with Gasteiger partial charge in [0.1, 0.15) is 34.5 Å². The second-order valence-electron chi connectivity index (χ2n) is 26.1. The molecule has 0 aromatic heterocycles. The zero-order chi connectivity index (χ0) is 54.0. The Labute approximate surface area is 435 Å². The molecule has 0 radical (unpaired) electrons. The number of amides is 2. The van der Waals surface area contributed by atoms with Crippen LogP contribution in [0.4, 0.5) is 9.59 Å². The van der Waals surface area contributed by atoms with E-state index in [1.165, 1.54) is 9.80 Å². The van der Waals surface area contributed by atoms with Gasteiger partial charge in [-0.05, 0) is 170 Å². The molecule has 4 atom stereocenters. The van der Waals surface area contributed by atoms with E-state index < -0.39 is 91.8 Å². The van der Waals surface area contributed by atoms with Crippen molar-refractivity contribution in [1.82, 2.24) is 9.80 Å². The predicted molar refractivity (Wildman–Crippen MR) is 282 cm³/mol. The van der Waals surface area contributed by atoms with Crippen LogP contribution in [0.15, 0.2) is 30.3 Å². The zero-order valence-corrected chi connectivity index (χ0v) is 47.1. The summed E-state index contributed by atoms with van der Waals surface area (Å²) in [4.78, 5) is 55.4. The Morgan fingerprint density at radius 1 is 0.583 bits per heavy atom. The van der Waals surface area contributed by atoms with Gasteiger partial charge < -0.3 is 47.4 Å². The molecule has 1 aromatic carbocycles. The third-order valence-corrected chi connectivity index (χ3v) is 13.9. The van der Waals surface area contributed by atoms with Crippen LogP contribution in [0.3, 0.4) is 0 Å². The van der Waals surface area contributed by atoms with Gasteiger partial charge in [-0.25, -0.2) is 19.2 Å². The standard InChI is InChI=1S/C30H48BNO7.C23H42BNO7.CH4.H2/c1-26(2,3)36-24(33)23-30(20-32(23)25(34)37-27(4,5)6,21-35-19-22-15-12-11-13-16-22)17-14-18-31-38-28(7,8)29(9,10)39-31;1-19(2,3)29-17(27)16-23(15-26,14-25(16)18(28)30-20(4,5)6)12-11-13-24-31-21(7,8)22(9,10)32-24;;/h11-13,15-16,23H,14,17-21H2,1-10H3;16,26H,11-15H2,1-10H3;1H4;1H/t23-,30-;16-,23-;;/m11../s1. The molecule has 0 aliphatic carbocycles. The molecule has 4 heterocycles. The molecular weight excluding hydrogens is 922 g/mol. The fourth-order valence-corrected chi connectivity index (χ4v) is 9.12. The smallest absolute Gasteiger partial charge is 0.457 e. The number of nitrogens with zero attached hydrogens (tertiary/aromatic N) is 2. The van der Waals surface area contributed by atoms with Crippen LogP contribution in [0.5, 0.6) is 0 Å². The maximum atomic E-state index is 13.6. The van der Waals surface area contributed by atoms with Crippen molar-refractivity contribution in [3.05, 3.63) is 35.9 Å². The van der Waals surface area contributed by atoms with Gasteiger partial charge in [0.2, 0.25) is 0 Å². The van der Waals surface area contributed by atoms with E-state index in [1.54, 1.807) is 41.5 Å². The van der Waals surface area contributed by atoms with Crippen LogP contribution in [0.25, 0.3) is 0 Å². The first-order valence-corrected chi connectivity index (χ1v) is 25.6. The number of carbonyl (C=O) groups is 4. The Balaban J connectivity index is 0.000000496. The summed E-state index contributed by atoms with van der Waals surface area (Å²) in [5.74, 6) is -0.974. The van der Waals surface area contributed by atoms with Crippen molar-refractivity contribution in [3.8, 4) is 0 Å². The Bertz CT molecular complexity index is 1960. The normalized spacial score (nSPS) is 25.2. The van der Waals surface area contributed by atoms with Crippen molar-refractivity contribution in [2.45, 2.75) is 248 Å². The van der Waals surface area contributed by atoms with Crippen LogP contribution in [0.2, 0.25) is 12.6 Å². The molecule has 18 heteroatoms. The molecule has 0 spiro atoms. The third-order valence-electron chi connectivity index (χ3n) is 13.9. The highest BCUT2D eigenvalue weighted by Crippen LogP contribution is 2.47. The lowest BCUT2D eigenvalue weighted by Crippen LogP contribution is -2.72. The largest absolute Gasteiger partial charge is 0.458 e. The first-order valence-electron chi connectivity index (χ1n) is 25.6. The van der Waals surface area contributed by atoms with Crippen LogP contribution in [-0.2, 0) is 58.5 Å². The van der Waals surface area contributed by atoms with Crippen molar-refractivity contribution < 1.29 is 68.0 Å². The molecule has 72 heavy (non-hydrogen) atoms. The fraction of sp³-hybridized carbons (Fsp3) is 0.815. The molecule has 1 N–H and O–H groups in total. The zero-order valence-electron chi connectivity index (χ0n) is 47.1. The molecule has 412 valence electrons. The second kappa shape index (κ2) is 22.8. The fourth-order valence-electron chi connectivity index (χ4n) is 9.12. The maximum absolute atomic E-state index is 13.6. The number of likely N-dealkylation sites (tertiary alicyclic amines) is 2. The van der Waals surface area contributed by atoms with Gasteiger partial charge in [-0.3, -0.25) is 9.80 Å². The van der Waals surface area contributed by atoms with Crippen LogP contribution in [0.1, 0.15) is 179 Å². The quantitative estimate of drug-likeness (QED) is 0.0996. The number of esters is 2. The minimum atomic E-state index is -0.903. The summed E-state index contributed by atoms with van der Waals surface area (Å²) in [6, 6.07) is 8.19. The summed E-state index contributed by atoms with van der Waals surface area (Å²) in [5, 5.41) is 10.3. The van der Waals surface area contributed by atoms with Crippen molar-refractivity contribution in [1.29, 1.82) is 0 Å². The van der Waals surface area contributed by atoms with Crippen molar-refractivity contribution >= 4 is 38.4 Å². The molecule has 2 amide bonds. The molecule has 4 saturated heterocycles. The minimum absolute atomic E-state index is 0. The first-order chi connectivity index (χ1) is 32.2. The average Bonchev–Trinajstić information content (AvgIpc) is 3.49. The van der Waals surface area contributed by atoms with E-state index in [9.17, 15) is 24.3 Å². The number of benzene rings is 1. The van der Waals surface area contributed by atoms with Crippen LogP contribution < -0.4 is 0 Å². The number of ether oxygens (including phenoxy) is 5. The van der Waals surface area contributed by atoms with Crippen LogP contribution >= 0.6 is 0 Å². The minimum Gasteiger partial charge on any atom is -0.458 e.